The van der Waals surface area contributed by atoms with Crippen molar-refractivity contribution in [1.29, 1.82) is 0 Å². The molecule has 0 bridgehead atoms. The number of imidazole rings is 1. The summed E-state index contributed by atoms with van der Waals surface area (Å²) in [4.78, 5) is 4.31. The van der Waals surface area contributed by atoms with E-state index in [-0.39, 0.29) is 6.04 Å². The molecule has 3 nitrogen and oxygen atoms in total. The fraction of sp³-hybridized carbons (Fsp3) is 0.471. The van der Waals surface area contributed by atoms with Crippen molar-refractivity contribution in [2.75, 3.05) is 0 Å². The maximum atomic E-state index is 6.40. The number of hydrogen-bond donors (Lipinski definition) is 1. The zero-order valence-electron chi connectivity index (χ0n) is 12.7. The highest BCUT2D eigenvalue weighted by Crippen LogP contribution is 2.25. The largest absolute Gasteiger partial charge is 0.330 e. The summed E-state index contributed by atoms with van der Waals surface area (Å²) in [6.07, 6.45) is 6.16. The zero-order valence-corrected chi connectivity index (χ0v) is 12.7. The third-order valence-corrected chi connectivity index (χ3v) is 4.09. The van der Waals surface area contributed by atoms with Crippen molar-refractivity contribution >= 4 is 0 Å². The van der Waals surface area contributed by atoms with E-state index < -0.39 is 0 Å². The van der Waals surface area contributed by atoms with Crippen LogP contribution in [0.5, 0.6) is 0 Å². The van der Waals surface area contributed by atoms with Gasteiger partial charge in [-0.2, -0.15) is 0 Å². The Bertz CT molecular complexity index is 518. The van der Waals surface area contributed by atoms with Gasteiger partial charge in [0.2, 0.25) is 0 Å². The highest BCUT2D eigenvalue weighted by Gasteiger charge is 2.17. The van der Waals surface area contributed by atoms with E-state index in [1.165, 1.54) is 6.42 Å². The highest BCUT2D eigenvalue weighted by molar-refractivity contribution is 5.26. The summed E-state index contributed by atoms with van der Waals surface area (Å²) in [5.41, 5.74) is 8.62. The third-order valence-electron chi connectivity index (χ3n) is 4.09. The second-order valence-corrected chi connectivity index (χ2v) is 5.71. The molecular formula is C17H25N3. The molecule has 1 aromatic carbocycles. The Hall–Kier alpha value is -1.61. The molecule has 1 heterocycles. The zero-order chi connectivity index (χ0) is 14.5. The number of rotatable bonds is 6. The van der Waals surface area contributed by atoms with Crippen LogP contribution >= 0.6 is 0 Å². The predicted molar refractivity (Wildman–Crippen MR) is 83.5 cm³/mol. The molecule has 0 radical (unpaired) electrons. The molecule has 2 aromatic rings. The van der Waals surface area contributed by atoms with Gasteiger partial charge in [0, 0.05) is 6.04 Å². The van der Waals surface area contributed by atoms with Crippen LogP contribution in [0.1, 0.15) is 57.0 Å². The van der Waals surface area contributed by atoms with Crippen molar-refractivity contribution in [3.05, 3.63) is 54.1 Å². The Morgan fingerprint density at radius 3 is 2.55 bits per heavy atom. The third kappa shape index (κ3) is 3.28. The Kier molecular flexibility index (Phi) is 4.96. The summed E-state index contributed by atoms with van der Waals surface area (Å²) in [6.45, 7) is 6.78. The van der Waals surface area contributed by atoms with Crippen molar-refractivity contribution in [2.24, 2.45) is 11.7 Å². The summed E-state index contributed by atoms with van der Waals surface area (Å²) in [7, 11) is 0. The van der Waals surface area contributed by atoms with Gasteiger partial charge in [-0.25, -0.2) is 4.98 Å². The van der Waals surface area contributed by atoms with Crippen LogP contribution < -0.4 is 5.73 Å². The van der Waals surface area contributed by atoms with Crippen LogP contribution in [0.15, 0.2) is 42.9 Å². The molecule has 2 rings (SSSR count). The Labute approximate surface area is 121 Å². The summed E-state index contributed by atoms with van der Waals surface area (Å²) < 4.78 is 2.23. The topological polar surface area (TPSA) is 43.8 Å². The molecule has 0 aliphatic carbocycles. The molecule has 0 aliphatic heterocycles. The smallest absolute Gasteiger partial charge is 0.0951 e. The number of hydrogen-bond acceptors (Lipinski definition) is 2. The molecule has 0 amide bonds. The summed E-state index contributed by atoms with van der Waals surface area (Å²) in [5.74, 6) is 0.716. The van der Waals surface area contributed by atoms with Gasteiger partial charge in [0.15, 0.2) is 0 Å². The minimum Gasteiger partial charge on any atom is -0.330 e. The molecule has 20 heavy (non-hydrogen) atoms. The van der Waals surface area contributed by atoms with Crippen molar-refractivity contribution in [3.8, 4) is 0 Å². The number of nitrogens with two attached hydrogens (primary N) is 1. The van der Waals surface area contributed by atoms with Crippen molar-refractivity contribution in [3.63, 3.8) is 0 Å². The molecule has 0 aliphatic rings. The van der Waals surface area contributed by atoms with Crippen molar-refractivity contribution in [2.45, 2.75) is 45.7 Å². The fourth-order valence-corrected chi connectivity index (χ4v) is 2.62. The quantitative estimate of drug-likeness (QED) is 0.865. The first-order chi connectivity index (χ1) is 9.63. The molecule has 0 spiro atoms. The van der Waals surface area contributed by atoms with Gasteiger partial charge in [-0.3, -0.25) is 0 Å². The average molecular weight is 271 g/mol. The van der Waals surface area contributed by atoms with Gasteiger partial charge in [0.05, 0.1) is 24.3 Å². The first kappa shape index (κ1) is 14.8. The lowest BCUT2D eigenvalue weighted by atomic mass is 9.99. The molecule has 108 valence electrons. The Morgan fingerprint density at radius 2 is 1.90 bits per heavy atom. The highest BCUT2D eigenvalue weighted by atomic mass is 15.1. The summed E-state index contributed by atoms with van der Waals surface area (Å²) in [5, 5.41) is 0. The molecule has 0 saturated carbocycles. The minimum atomic E-state index is -0.113. The van der Waals surface area contributed by atoms with Gasteiger partial charge in [-0.15, -0.1) is 0 Å². The first-order valence-corrected chi connectivity index (χ1v) is 7.45. The SMILES string of the molecule is CCC(C)CC(C)n1cncc1C(N)c1ccccc1. The molecule has 3 atom stereocenters. The van der Waals surface area contributed by atoms with E-state index in [4.69, 9.17) is 5.73 Å². The molecule has 2 N–H and O–H groups in total. The van der Waals surface area contributed by atoms with Crippen LogP contribution in [0.2, 0.25) is 0 Å². The van der Waals surface area contributed by atoms with E-state index in [0.717, 1.165) is 17.7 Å². The van der Waals surface area contributed by atoms with Crippen LogP contribution in [0.4, 0.5) is 0 Å². The maximum Gasteiger partial charge on any atom is 0.0951 e. The second kappa shape index (κ2) is 6.71. The number of nitrogens with zero attached hydrogens (tertiary/aromatic N) is 2. The van der Waals surface area contributed by atoms with Gasteiger partial charge in [0.25, 0.3) is 0 Å². The lowest BCUT2D eigenvalue weighted by Crippen LogP contribution is -2.19. The van der Waals surface area contributed by atoms with E-state index in [0.29, 0.717) is 12.0 Å². The van der Waals surface area contributed by atoms with Gasteiger partial charge in [0.1, 0.15) is 0 Å². The summed E-state index contributed by atoms with van der Waals surface area (Å²) >= 11 is 0. The lowest BCUT2D eigenvalue weighted by Gasteiger charge is -2.22. The molecule has 3 heteroatoms. The molecular weight excluding hydrogens is 246 g/mol. The second-order valence-electron chi connectivity index (χ2n) is 5.71. The maximum absolute atomic E-state index is 6.40. The van der Waals surface area contributed by atoms with Gasteiger partial charge in [-0.05, 0) is 24.8 Å². The van der Waals surface area contributed by atoms with Gasteiger partial charge >= 0.3 is 0 Å². The van der Waals surface area contributed by atoms with Crippen LogP contribution in [-0.4, -0.2) is 9.55 Å². The van der Waals surface area contributed by atoms with Crippen LogP contribution in [0.25, 0.3) is 0 Å². The molecule has 0 fully saturated rings. The van der Waals surface area contributed by atoms with Gasteiger partial charge in [-0.1, -0.05) is 50.6 Å². The van der Waals surface area contributed by atoms with E-state index in [1.807, 2.05) is 30.7 Å². The van der Waals surface area contributed by atoms with Crippen molar-refractivity contribution in [1.82, 2.24) is 9.55 Å². The number of aromatic nitrogens is 2. The average Bonchev–Trinajstić information content (AvgIpc) is 2.96. The first-order valence-electron chi connectivity index (χ1n) is 7.45. The lowest BCUT2D eigenvalue weighted by molar-refractivity contribution is 0.389. The van der Waals surface area contributed by atoms with E-state index >= 15 is 0 Å². The van der Waals surface area contributed by atoms with E-state index in [2.05, 4.69) is 42.5 Å². The molecule has 3 unspecified atom stereocenters. The standard InChI is InChI=1S/C17H25N3/c1-4-13(2)10-14(3)20-12-19-11-16(20)17(18)15-8-6-5-7-9-15/h5-9,11-14,17H,4,10,18H2,1-3H3. The van der Waals surface area contributed by atoms with E-state index in [9.17, 15) is 0 Å². The Balaban J connectivity index is 2.20. The Morgan fingerprint density at radius 1 is 1.20 bits per heavy atom. The molecule has 1 aromatic heterocycles. The normalized spacial score (nSPS) is 15.8. The van der Waals surface area contributed by atoms with Crippen LogP contribution in [0, 0.1) is 5.92 Å². The minimum absolute atomic E-state index is 0.113. The van der Waals surface area contributed by atoms with Crippen LogP contribution in [0.3, 0.4) is 0 Å². The van der Waals surface area contributed by atoms with Crippen LogP contribution in [-0.2, 0) is 0 Å². The van der Waals surface area contributed by atoms with E-state index in [1.54, 1.807) is 0 Å². The fourth-order valence-electron chi connectivity index (χ4n) is 2.62. The molecule has 0 saturated heterocycles. The summed E-state index contributed by atoms with van der Waals surface area (Å²) in [6, 6.07) is 10.5. The monoisotopic (exact) mass is 271 g/mol. The predicted octanol–water partition coefficient (Wildman–Crippen LogP) is 3.93. The van der Waals surface area contributed by atoms with Gasteiger partial charge < -0.3 is 10.3 Å². The van der Waals surface area contributed by atoms with Crippen molar-refractivity contribution < 1.29 is 0 Å². The number of benzene rings is 1.